The second kappa shape index (κ2) is 9.02. The highest BCUT2D eigenvalue weighted by Gasteiger charge is 2.12. The molecule has 6 nitrogen and oxygen atoms in total. The van der Waals surface area contributed by atoms with E-state index in [0.29, 0.717) is 34.6 Å². The van der Waals surface area contributed by atoms with E-state index in [1.54, 1.807) is 18.2 Å². The molecule has 0 saturated carbocycles. The lowest BCUT2D eigenvalue weighted by atomic mass is 10.3. The zero-order valence-corrected chi connectivity index (χ0v) is 15.8. The Hall–Kier alpha value is -2.09. The van der Waals surface area contributed by atoms with E-state index >= 15 is 0 Å². The molecule has 0 radical (unpaired) electrons. The maximum atomic E-state index is 11.8. The van der Waals surface area contributed by atoms with Crippen molar-refractivity contribution in [2.75, 3.05) is 6.61 Å². The van der Waals surface area contributed by atoms with Crippen molar-refractivity contribution < 1.29 is 18.8 Å². The fourth-order valence-corrected chi connectivity index (χ4v) is 3.14. The third-order valence-electron chi connectivity index (χ3n) is 3.24. The number of nitrogens with zero attached hydrogens (tertiary/aromatic N) is 2. The predicted molar refractivity (Wildman–Crippen MR) is 98.6 cm³/mol. The zero-order chi connectivity index (χ0) is 18.4. The van der Waals surface area contributed by atoms with Crippen molar-refractivity contribution in [3.8, 4) is 16.5 Å². The average Bonchev–Trinajstić information content (AvgIpc) is 3.29. The number of halogens is 2. The Morgan fingerprint density at radius 1 is 1.27 bits per heavy atom. The minimum Gasteiger partial charge on any atom is -0.492 e. The molecule has 0 spiro atoms. The van der Waals surface area contributed by atoms with E-state index in [-0.39, 0.29) is 24.9 Å². The summed E-state index contributed by atoms with van der Waals surface area (Å²) in [4.78, 5) is 16.8. The molecule has 3 rings (SSSR count). The van der Waals surface area contributed by atoms with E-state index in [1.807, 2.05) is 17.5 Å². The molecule has 2 heterocycles. The number of aromatic nitrogens is 2. The van der Waals surface area contributed by atoms with E-state index in [1.165, 1.54) is 11.3 Å². The van der Waals surface area contributed by atoms with Gasteiger partial charge in [-0.3, -0.25) is 4.79 Å². The highest BCUT2D eigenvalue weighted by Crippen LogP contribution is 2.27. The van der Waals surface area contributed by atoms with Gasteiger partial charge in [0.1, 0.15) is 5.75 Å². The van der Waals surface area contributed by atoms with Gasteiger partial charge in [-0.05, 0) is 36.1 Å². The Balaban J connectivity index is 1.37. The normalized spacial score (nSPS) is 10.7. The summed E-state index contributed by atoms with van der Waals surface area (Å²) in [5.41, 5.74) is 0. The first kappa shape index (κ1) is 18.7. The molecule has 0 aliphatic rings. The largest absolute Gasteiger partial charge is 0.492 e. The van der Waals surface area contributed by atoms with Crippen LogP contribution in [0.4, 0.5) is 0 Å². The van der Waals surface area contributed by atoms with Gasteiger partial charge in [0, 0.05) is 11.4 Å². The highest BCUT2D eigenvalue weighted by atomic mass is 35.5. The van der Waals surface area contributed by atoms with Crippen LogP contribution in [-0.2, 0) is 16.1 Å². The van der Waals surface area contributed by atoms with Gasteiger partial charge in [-0.25, -0.2) is 0 Å². The lowest BCUT2D eigenvalue weighted by Crippen LogP contribution is -2.07. The Morgan fingerprint density at radius 3 is 2.92 bits per heavy atom. The number of esters is 1. The Morgan fingerprint density at radius 2 is 2.15 bits per heavy atom. The first-order valence-corrected chi connectivity index (χ1v) is 9.35. The first-order valence-electron chi connectivity index (χ1n) is 7.72. The molecular formula is C17H14Cl2N2O4S. The number of benzene rings is 1. The van der Waals surface area contributed by atoms with Gasteiger partial charge >= 0.3 is 5.97 Å². The van der Waals surface area contributed by atoms with Crippen LogP contribution in [0.2, 0.25) is 10.0 Å². The van der Waals surface area contributed by atoms with E-state index in [2.05, 4.69) is 10.1 Å². The number of thiophene rings is 1. The van der Waals surface area contributed by atoms with Gasteiger partial charge in [-0.2, -0.15) is 4.98 Å². The third kappa shape index (κ3) is 5.20. The van der Waals surface area contributed by atoms with Crippen LogP contribution in [0.1, 0.15) is 18.7 Å². The molecule has 0 fully saturated rings. The van der Waals surface area contributed by atoms with E-state index < -0.39 is 0 Å². The SMILES string of the molecule is O=C(CCCOc1ccc(Cl)cc1Cl)OCc1nc(-c2cccs2)no1. The minimum absolute atomic E-state index is 0.0545. The van der Waals surface area contributed by atoms with Gasteiger partial charge in [0.15, 0.2) is 6.61 Å². The van der Waals surface area contributed by atoms with Crippen molar-refractivity contribution in [3.63, 3.8) is 0 Å². The van der Waals surface area contributed by atoms with Crippen molar-refractivity contribution in [3.05, 3.63) is 51.6 Å². The molecule has 2 aromatic heterocycles. The topological polar surface area (TPSA) is 74.5 Å². The van der Waals surface area contributed by atoms with Crippen LogP contribution in [0.3, 0.4) is 0 Å². The predicted octanol–water partition coefficient (Wildman–Crippen LogP) is 5.01. The van der Waals surface area contributed by atoms with Crippen LogP contribution in [0.25, 0.3) is 10.7 Å². The molecule has 0 saturated heterocycles. The second-order valence-corrected chi connectivity index (χ2v) is 6.97. The highest BCUT2D eigenvalue weighted by molar-refractivity contribution is 7.13. The van der Waals surface area contributed by atoms with E-state index in [0.717, 1.165) is 4.88 Å². The number of hydrogen-bond donors (Lipinski definition) is 0. The summed E-state index contributed by atoms with van der Waals surface area (Å²) in [6, 6.07) is 8.75. The number of carbonyl (C=O) groups is 1. The van der Waals surface area contributed by atoms with Crippen molar-refractivity contribution in [1.82, 2.24) is 10.1 Å². The van der Waals surface area contributed by atoms with Gasteiger partial charge < -0.3 is 14.0 Å². The minimum atomic E-state index is -0.369. The lowest BCUT2D eigenvalue weighted by molar-refractivity contribution is -0.146. The summed E-state index contributed by atoms with van der Waals surface area (Å²) < 4.78 is 15.7. The number of ether oxygens (including phenoxy) is 2. The summed E-state index contributed by atoms with van der Waals surface area (Å²) in [6.07, 6.45) is 0.694. The van der Waals surface area contributed by atoms with Gasteiger partial charge in [0.2, 0.25) is 5.82 Å². The average molecular weight is 413 g/mol. The molecule has 3 aromatic rings. The van der Waals surface area contributed by atoms with E-state index in [4.69, 9.17) is 37.2 Å². The molecule has 0 bridgehead atoms. The quantitative estimate of drug-likeness (QED) is 0.382. The van der Waals surface area contributed by atoms with Crippen LogP contribution >= 0.6 is 34.5 Å². The lowest BCUT2D eigenvalue weighted by Gasteiger charge is -2.08. The summed E-state index contributed by atoms with van der Waals surface area (Å²) in [7, 11) is 0. The standard InChI is InChI=1S/C17H14Cl2N2O4S/c18-11-5-6-13(12(19)9-11)23-7-1-4-16(22)24-10-15-20-17(21-25-15)14-3-2-8-26-14/h2-3,5-6,8-9H,1,4,7,10H2. The fourth-order valence-electron chi connectivity index (χ4n) is 2.02. The monoisotopic (exact) mass is 412 g/mol. The summed E-state index contributed by atoms with van der Waals surface area (Å²) >= 11 is 13.3. The number of hydrogen-bond acceptors (Lipinski definition) is 7. The summed E-state index contributed by atoms with van der Waals surface area (Å²) in [5, 5.41) is 6.74. The molecule has 0 N–H and O–H groups in total. The summed E-state index contributed by atoms with van der Waals surface area (Å²) in [6.45, 7) is 0.278. The molecule has 0 amide bonds. The molecule has 1 aromatic carbocycles. The molecule has 0 unspecified atom stereocenters. The molecule has 0 atom stereocenters. The zero-order valence-electron chi connectivity index (χ0n) is 13.5. The first-order chi connectivity index (χ1) is 12.6. The second-order valence-electron chi connectivity index (χ2n) is 5.18. The van der Waals surface area contributed by atoms with Crippen molar-refractivity contribution in [2.45, 2.75) is 19.4 Å². The molecule has 136 valence electrons. The summed E-state index contributed by atoms with van der Waals surface area (Å²) in [5.74, 6) is 0.897. The van der Waals surface area contributed by atoms with Crippen LogP contribution < -0.4 is 4.74 Å². The number of rotatable bonds is 8. The van der Waals surface area contributed by atoms with Gasteiger partial charge in [0.25, 0.3) is 5.89 Å². The maximum Gasteiger partial charge on any atom is 0.306 e. The number of carbonyl (C=O) groups excluding carboxylic acids is 1. The van der Waals surface area contributed by atoms with Crippen LogP contribution in [0.15, 0.2) is 40.2 Å². The van der Waals surface area contributed by atoms with Gasteiger partial charge in [0.05, 0.1) is 16.5 Å². The Kier molecular flexibility index (Phi) is 6.49. The van der Waals surface area contributed by atoms with Crippen LogP contribution in [-0.4, -0.2) is 22.7 Å². The molecule has 9 heteroatoms. The molecule has 0 aliphatic heterocycles. The molecular weight excluding hydrogens is 399 g/mol. The maximum absolute atomic E-state index is 11.8. The smallest absolute Gasteiger partial charge is 0.306 e. The van der Waals surface area contributed by atoms with Gasteiger partial charge in [-0.15, -0.1) is 11.3 Å². The van der Waals surface area contributed by atoms with Crippen molar-refractivity contribution in [2.24, 2.45) is 0 Å². The Labute approximate surface area is 163 Å². The molecule has 0 aliphatic carbocycles. The van der Waals surface area contributed by atoms with Crippen molar-refractivity contribution >= 4 is 40.5 Å². The molecule has 26 heavy (non-hydrogen) atoms. The van der Waals surface area contributed by atoms with Crippen LogP contribution in [0.5, 0.6) is 5.75 Å². The fraction of sp³-hybridized carbons (Fsp3) is 0.235. The van der Waals surface area contributed by atoms with E-state index in [9.17, 15) is 4.79 Å². The Bertz CT molecular complexity index is 868. The van der Waals surface area contributed by atoms with Gasteiger partial charge in [-0.1, -0.05) is 34.4 Å². The van der Waals surface area contributed by atoms with Crippen molar-refractivity contribution in [1.29, 1.82) is 0 Å². The third-order valence-corrected chi connectivity index (χ3v) is 4.64. The van der Waals surface area contributed by atoms with Crippen LogP contribution in [0, 0.1) is 0 Å².